The molecular weight excluding hydrogens is 723 g/mol. The highest BCUT2D eigenvalue weighted by atomic mass is 33.1. The third kappa shape index (κ3) is 11.1. The maximum absolute atomic E-state index is 13.1. The summed E-state index contributed by atoms with van der Waals surface area (Å²) in [5.74, 6) is 0.717. The molecule has 14 heteroatoms. The Balaban J connectivity index is 1.19. The number of aliphatic hydroxyl groups is 1. The van der Waals surface area contributed by atoms with Crippen LogP contribution in [0.1, 0.15) is 67.7 Å². The van der Waals surface area contributed by atoms with Crippen LogP contribution in [0.15, 0.2) is 83.8 Å². The molecule has 0 spiro atoms. The van der Waals surface area contributed by atoms with E-state index in [1.165, 1.54) is 52.8 Å². The van der Waals surface area contributed by atoms with Crippen LogP contribution in [0.5, 0.6) is 0 Å². The third-order valence-electron chi connectivity index (χ3n) is 8.82. The number of nitrogens with one attached hydrogen (secondary N) is 2. The van der Waals surface area contributed by atoms with Gasteiger partial charge in [0.2, 0.25) is 0 Å². The van der Waals surface area contributed by atoms with E-state index in [4.69, 9.17) is 15.2 Å². The highest BCUT2D eigenvalue weighted by molar-refractivity contribution is 8.76. The fourth-order valence-corrected chi connectivity index (χ4v) is 9.16. The van der Waals surface area contributed by atoms with Crippen molar-refractivity contribution >= 4 is 60.7 Å². The molecule has 1 saturated carbocycles. The molecule has 1 aliphatic rings. The average molecular weight is 770 g/mol. The maximum Gasteiger partial charge on any atom is 0.421 e. The van der Waals surface area contributed by atoms with Gasteiger partial charge in [-0.25, -0.2) is 17.9 Å². The summed E-state index contributed by atoms with van der Waals surface area (Å²) in [6, 6.07) is 22.2. The van der Waals surface area contributed by atoms with Crippen LogP contribution in [0.25, 0.3) is 11.3 Å². The fourth-order valence-electron chi connectivity index (χ4n) is 6.36. The summed E-state index contributed by atoms with van der Waals surface area (Å²) in [7, 11) is 0.656. The maximum atomic E-state index is 13.1. The number of amides is 1. The number of ketones is 1. The van der Waals surface area contributed by atoms with E-state index >= 15 is 0 Å². The zero-order valence-electron chi connectivity index (χ0n) is 29.5. The van der Waals surface area contributed by atoms with Crippen molar-refractivity contribution in [3.05, 3.63) is 101 Å². The van der Waals surface area contributed by atoms with Gasteiger partial charge in [0, 0.05) is 36.0 Å². The summed E-state index contributed by atoms with van der Waals surface area (Å²) in [6.07, 6.45) is 3.46. The number of nitrogens with two attached hydrogens (primary N) is 1. The number of benzene rings is 3. The van der Waals surface area contributed by atoms with Gasteiger partial charge >= 0.3 is 12.1 Å². The van der Waals surface area contributed by atoms with Crippen LogP contribution in [0.4, 0.5) is 4.79 Å². The molecule has 1 amide bonds. The Hall–Kier alpha value is -3.82. The summed E-state index contributed by atoms with van der Waals surface area (Å²) in [5.41, 5.74) is 8.90. The molecule has 1 aliphatic carbocycles. The number of hydrogen-bond acceptors (Lipinski definition) is 12. The number of rotatable bonds is 18. The SMILES string of the molecule is CNC[C@H]1CCCC[C@]1(OC(=O)CCCSSCCOC(=O)NS(=O)(=O)c1ccc(C(N)=C(C(C)=O)c2ccccc2)cc1)c1cccc(CO)c1. The topological polar surface area (TPSA) is 174 Å². The Bertz CT molecular complexity index is 1800. The smallest absolute Gasteiger partial charge is 0.421 e. The Morgan fingerprint density at radius 1 is 0.962 bits per heavy atom. The van der Waals surface area contributed by atoms with E-state index in [0.717, 1.165) is 43.4 Å². The quantitative estimate of drug-likeness (QED) is 0.0390. The Kier molecular flexibility index (Phi) is 15.6. The van der Waals surface area contributed by atoms with Crippen LogP contribution in [0.3, 0.4) is 0 Å². The van der Waals surface area contributed by atoms with Gasteiger partial charge in [-0.15, -0.1) is 0 Å². The van der Waals surface area contributed by atoms with E-state index < -0.39 is 21.7 Å². The lowest BCUT2D eigenvalue weighted by Crippen LogP contribution is -2.46. The van der Waals surface area contributed by atoms with Gasteiger partial charge in [-0.3, -0.25) is 9.59 Å². The average Bonchev–Trinajstić information content (AvgIpc) is 3.14. The van der Waals surface area contributed by atoms with Gasteiger partial charge in [0.05, 0.1) is 17.2 Å². The van der Waals surface area contributed by atoms with Crippen molar-refractivity contribution in [3.8, 4) is 0 Å². The van der Waals surface area contributed by atoms with Gasteiger partial charge in [-0.05, 0) is 80.1 Å². The van der Waals surface area contributed by atoms with Gasteiger partial charge in [0.25, 0.3) is 10.0 Å². The standard InChI is InChI=1S/C38H47N3O8S3/c1-27(43)35(29-11-4-3-5-12-29)36(39)30-16-18-33(19-17-30)52(46,47)41-37(45)48-21-23-51-50-22-9-15-34(44)49-38(20-7-6-13-32(38)25-40-2)31-14-8-10-28(24-31)26-42/h3-5,8,10-12,14,16-19,24,32,40,42H,6-7,9,13,15,20-23,25-26,39H2,1-2H3,(H,41,45)/t32-,38+/m1/s1. The molecule has 280 valence electrons. The predicted molar refractivity (Wildman–Crippen MR) is 206 cm³/mol. The largest absolute Gasteiger partial charge is 0.454 e. The molecule has 0 radical (unpaired) electrons. The van der Waals surface area contributed by atoms with E-state index in [1.807, 2.05) is 42.1 Å². The Labute approximate surface area is 314 Å². The molecule has 11 nitrogen and oxygen atoms in total. The molecule has 3 aromatic rings. The second kappa shape index (κ2) is 19.9. The molecule has 5 N–H and O–H groups in total. The summed E-state index contributed by atoms with van der Waals surface area (Å²) in [5, 5.41) is 13.0. The van der Waals surface area contributed by atoms with Gasteiger partial charge < -0.3 is 25.6 Å². The molecule has 3 aromatic carbocycles. The summed E-state index contributed by atoms with van der Waals surface area (Å²) < 4.78 is 38.9. The summed E-state index contributed by atoms with van der Waals surface area (Å²) in [6.45, 7) is 2.03. The van der Waals surface area contributed by atoms with Crippen molar-refractivity contribution in [1.82, 2.24) is 10.0 Å². The molecule has 0 heterocycles. The number of aliphatic hydroxyl groups excluding tert-OH is 1. The first-order chi connectivity index (χ1) is 25.0. The molecule has 4 rings (SSSR count). The molecule has 0 bridgehead atoms. The van der Waals surface area contributed by atoms with Crippen LogP contribution in [0.2, 0.25) is 0 Å². The van der Waals surface area contributed by atoms with Crippen molar-refractivity contribution < 1.29 is 37.4 Å². The van der Waals surface area contributed by atoms with E-state index in [9.17, 15) is 27.9 Å². The molecule has 2 atom stereocenters. The zero-order chi connectivity index (χ0) is 37.6. The lowest BCUT2D eigenvalue weighted by molar-refractivity contribution is -0.173. The van der Waals surface area contributed by atoms with Crippen molar-refractivity contribution in [1.29, 1.82) is 0 Å². The van der Waals surface area contributed by atoms with E-state index in [0.29, 0.717) is 34.6 Å². The first-order valence-electron chi connectivity index (χ1n) is 17.2. The van der Waals surface area contributed by atoms with Gasteiger partial charge in [0.1, 0.15) is 12.2 Å². The van der Waals surface area contributed by atoms with E-state index in [1.54, 1.807) is 24.3 Å². The molecule has 0 saturated heterocycles. The molecule has 1 fully saturated rings. The van der Waals surface area contributed by atoms with E-state index in [2.05, 4.69) is 5.32 Å². The first-order valence-corrected chi connectivity index (χ1v) is 21.1. The van der Waals surface area contributed by atoms with Crippen molar-refractivity contribution in [2.24, 2.45) is 11.7 Å². The number of carbonyl (C=O) groups is 3. The van der Waals surface area contributed by atoms with E-state index in [-0.39, 0.29) is 47.9 Å². The summed E-state index contributed by atoms with van der Waals surface area (Å²) >= 11 is 0. The van der Waals surface area contributed by atoms with Crippen LogP contribution < -0.4 is 15.8 Å². The van der Waals surface area contributed by atoms with Crippen molar-refractivity contribution in [2.45, 2.75) is 62.6 Å². The molecular formula is C38H47N3O8S3. The fraction of sp³-hybridized carbons (Fsp3) is 0.395. The monoisotopic (exact) mass is 769 g/mol. The summed E-state index contributed by atoms with van der Waals surface area (Å²) in [4.78, 5) is 37.6. The normalized spacial score (nSPS) is 17.9. The zero-order valence-corrected chi connectivity index (χ0v) is 31.9. The minimum absolute atomic E-state index is 0.0170. The molecule has 52 heavy (non-hydrogen) atoms. The van der Waals surface area contributed by atoms with Gasteiger partial charge in [0.15, 0.2) is 5.78 Å². The Morgan fingerprint density at radius 3 is 2.38 bits per heavy atom. The number of hydrogen-bond donors (Lipinski definition) is 4. The number of allylic oxidation sites excluding steroid dienone is 1. The molecule has 0 aromatic heterocycles. The highest BCUT2D eigenvalue weighted by Gasteiger charge is 2.45. The van der Waals surface area contributed by atoms with Crippen LogP contribution in [0, 0.1) is 5.92 Å². The first kappa shape index (κ1) is 40.9. The number of esters is 1. The van der Waals surface area contributed by atoms with Crippen molar-refractivity contribution in [2.75, 3.05) is 31.7 Å². The number of sulfonamides is 1. The van der Waals surface area contributed by atoms with Crippen molar-refractivity contribution in [3.63, 3.8) is 0 Å². The lowest BCUT2D eigenvalue weighted by atomic mass is 9.71. The van der Waals surface area contributed by atoms with Crippen LogP contribution in [-0.4, -0.2) is 63.1 Å². The number of carbonyl (C=O) groups excluding carboxylic acids is 3. The van der Waals surface area contributed by atoms with Gasteiger partial charge in [-0.1, -0.05) is 88.7 Å². The van der Waals surface area contributed by atoms with Crippen LogP contribution >= 0.6 is 21.6 Å². The number of Topliss-reactive ketones (excluding diaryl/α,β-unsaturated/α-hetero) is 1. The predicted octanol–water partition coefficient (Wildman–Crippen LogP) is 6.02. The lowest BCUT2D eigenvalue weighted by Gasteiger charge is -2.44. The number of ether oxygens (including phenoxy) is 2. The highest BCUT2D eigenvalue weighted by Crippen LogP contribution is 2.45. The minimum atomic E-state index is -4.22. The molecule has 0 unspecified atom stereocenters. The second-order valence-electron chi connectivity index (χ2n) is 12.4. The van der Waals surface area contributed by atoms with Crippen LogP contribution in [-0.2, 0) is 41.3 Å². The Morgan fingerprint density at radius 2 is 1.69 bits per heavy atom. The molecule has 0 aliphatic heterocycles. The minimum Gasteiger partial charge on any atom is -0.454 e. The van der Waals surface area contributed by atoms with Gasteiger partial charge in [-0.2, -0.15) is 0 Å². The second-order valence-corrected chi connectivity index (χ2v) is 16.8. The third-order valence-corrected chi connectivity index (χ3v) is 12.6.